The summed E-state index contributed by atoms with van der Waals surface area (Å²) in [6, 6.07) is 0. The van der Waals surface area contributed by atoms with Crippen LogP contribution in [-0.2, 0) is 19.0 Å². The summed E-state index contributed by atoms with van der Waals surface area (Å²) >= 11 is 0. The van der Waals surface area contributed by atoms with Gasteiger partial charge in [-0.2, -0.15) is 0 Å². The molecule has 40 heavy (non-hydrogen) atoms. The predicted molar refractivity (Wildman–Crippen MR) is 153 cm³/mol. The number of aliphatic hydroxyl groups is 4. The van der Waals surface area contributed by atoms with E-state index in [1.165, 1.54) is 0 Å². The zero-order chi connectivity index (χ0) is 29.6. The Hall–Kier alpha value is -1.81. The largest absolute Gasteiger partial charge is 0.460 e. The molecule has 0 aliphatic carbocycles. The van der Waals surface area contributed by atoms with Gasteiger partial charge in [-0.05, 0) is 70.1 Å². The third kappa shape index (κ3) is 9.10. The minimum Gasteiger partial charge on any atom is -0.460 e. The summed E-state index contributed by atoms with van der Waals surface area (Å²) in [7, 11) is 0. The summed E-state index contributed by atoms with van der Waals surface area (Å²) in [5, 5.41) is 43.6. The first-order chi connectivity index (χ1) is 18.8. The monoisotopic (exact) mass is 562 g/mol. The molecule has 0 radical (unpaired) electrons. The first kappa shape index (κ1) is 32.7. The van der Waals surface area contributed by atoms with Crippen LogP contribution in [0.5, 0.6) is 0 Å². The van der Waals surface area contributed by atoms with Gasteiger partial charge in [-0.25, -0.2) is 4.79 Å². The van der Waals surface area contributed by atoms with Gasteiger partial charge in [-0.15, -0.1) is 0 Å². The second-order valence-corrected chi connectivity index (χ2v) is 12.4. The molecule has 0 aromatic heterocycles. The molecule has 0 saturated carbocycles. The molecule has 10 unspecified atom stereocenters. The number of cyclic esters (lactones) is 1. The van der Waals surface area contributed by atoms with Crippen LogP contribution in [0.4, 0.5) is 0 Å². The number of allylic oxidation sites excluding steroid dienone is 5. The molecule has 0 aromatic rings. The minimum atomic E-state index is -2.29. The Morgan fingerprint density at radius 1 is 1.02 bits per heavy atom. The smallest absolute Gasteiger partial charge is 0.333 e. The number of ether oxygens (including phenoxy) is 3. The predicted octanol–water partition coefficient (Wildman–Crippen LogP) is 4.12. The minimum absolute atomic E-state index is 0.0132. The van der Waals surface area contributed by atoms with Gasteiger partial charge in [0.25, 0.3) is 0 Å². The number of aliphatic hydroxyl groups excluding tert-OH is 3. The number of carbonyl (C=O) groups excluding carboxylic acids is 1. The van der Waals surface area contributed by atoms with Crippen LogP contribution in [0.25, 0.3) is 0 Å². The van der Waals surface area contributed by atoms with E-state index < -0.39 is 42.1 Å². The SMILES string of the molecule is C=C1/C=C(/C)C(C)CC(O)CC(O)C2(O)OC(COC(=O)/C(C)=C/CC/C=C/C3OC3CC(C)C1)CC(C)C2O. The lowest BCUT2D eigenvalue weighted by Crippen LogP contribution is -2.62. The van der Waals surface area contributed by atoms with E-state index in [-0.39, 0.29) is 31.2 Å². The van der Waals surface area contributed by atoms with E-state index in [0.717, 1.165) is 30.4 Å². The van der Waals surface area contributed by atoms with Gasteiger partial charge in [-0.3, -0.25) is 0 Å². The molecule has 8 heteroatoms. The fourth-order valence-corrected chi connectivity index (χ4v) is 5.79. The summed E-state index contributed by atoms with van der Waals surface area (Å²) in [4.78, 5) is 12.5. The molecule has 10 atom stereocenters. The highest BCUT2D eigenvalue weighted by Crippen LogP contribution is 2.36. The van der Waals surface area contributed by atoms with Crippen LogP contribution in [0.3, 0.4) is 0 Å². The van der Waals surface area contributed by atoms with Crippen LogP contribution in [0, 0.1) is 17.8 Å². The molecule has 2 bridgehead atoms. The van der Waals surface area contributed by atoms with E-state index in [1.807, 2.05) is 19.9 Å². The fourth-order valence-electron chi connectivity index (χ4n) is 5.79. The van der Waals surface area contributed by atoms with Crippen LogP contribution < -0.4 is 0 Å². The second-order valence-electron chi connectivity index (χ2n) is 12.4. The zero-order valence-electron chi connectivity index (χ0n) is 24.8. The van der Waals surface area contributed by atoms with Crippen molar-refractivity contribution >= 4 is 5.97 Å². The fraction of sp³-hybridized carbons (Fsp3) is 0.719. The molecule has 3 heterocycles. The van der Waals surface area contributed by atoms with Gasteiger partial charge in [0.05, 0.1) is 18.3 Å². The topological polar surface area (TPSA) is 129 Å². The van der Waals surface area contributed by atoms with Gasteiger partial charge in [0.15, 0.2) is 0 Å². The van der Waals surface area contributed by atoms with Crippen LogP contribution in [0.2, 0.25) is 0 Å². The summed E-state index contributed by atoms with van der Waals surface area (Å²) in [6.07, 6.45) is 7.70. The Balaban J connectivity index is 1.73. The molecule has 0 amide bonds. The van der Waals surface area contributed by atoms with E-state index in [9.17, 15) is 25.2 Å². The van der Waals surface area contributed by atoms with Crippen molar-refractivity contribution in [2.75, 3.05) is 6.61 Å². The van der Waals surface area contributed by atoms with Crippen LogP contribution in [0.1, 0.15) is 79.6 Å². The average molecular weight is 563 g/mol. The molecule has 0 spiro atoms. The van der Waals surface area contributed by atoms with Gasteiger partial charge in [-0.1, -0.05) is 62.8 Å². The molecule has 3 aliphatic heterocycles. The van der Waals surface area contributed by atoms with Crippen LogP contribution in [-0.4, -0.2) is 75.4 Å². The number of esters is 1. The Morgan fingerprint density at radius 3 is 2.48 bits per heavy atom. The molecule has 2 fully saturated rings. The first-order valence-corrected chi connectivity index (χ1v) is 14.8. The number of hydrogen-bond donors (Lipinski definition) is 4. The zero-order valence-corrected chi connectivity index (χ0v) is 24.8. The molecule has 3 rings (SSSR count). The van der Waals surface area contributed by atoms with Crippen molar-refractivity contribution in [3.05, 3.63) is 47.6 Å². The summed E-state index contributed by atoms with van der Waals surface area (Å²) in [5.41, 5.74) is 2.58. The number of rotatable bonds is 0. The summed E-state index contributed by atoms with van der Waals surface area (Å²) < 4.78 is 17.0. The highest BCUT2D eigenvalue weighted by molar-refractivity contribution is 5.87. The average Bonchev–Trinajstić information content (AvgIpc) is 3.61. The molecule has 8 nitrogen and oxygen atoms in total. The standard InChI is InChI=1S/C32H50O8/c1-19-12-20(2)14-28-27(39-28)11-9-7-8-10-21(3)31(36)38-18-26-16-24(6)30(35)32(37,40-26)29(34)17-25(33)15-23(5)22(4)13-19/h9-11,13,20,23-30,33-35,37H,1,7-8,12,14-18H2,2-6H3/b11-9+,21-10+,22-13-. The summed E-state index contributed by atoms with van der Waals surface area (Å²) in [6.45, 7) is 13.8. The van der Waals surface area contributed by atoms with E-state index in [1.54, 1.807) is 13.8 Å². The Morgan fingerprint density at radius 2 is 1.75 bits per heavy atom. The lowest BCUT2D eigenvalue weighted by Gasteiger charge is -2.46. The van der Waals surface area contributed by atoms with E-state index in [4.69, 9.17) is 14.2 Å². The third-order valence-electron chi connectivity index (χ3n) is 8.46. The van der Waals surface area contributed by atoms with Gasteiger partial charge in [0, 0.05) is 12.0 Å². The van der Waals surface area contributed by atoms with Gasteiger partial charge in [0.2, 0.25) is 5.79 Å². The van der Waals surface area contributed by atoms with Crippen molar-refractivity contribution in [2.24, 2.45) is 17.8 Å². The maximum absolute atomic E-state index is 12.5. The lowest BCUT2D eigenvalue weighted by molar-refractivity contribution is -0.352. The Labute approximate surface area is 239 Å². The summed E-state index contributed by atoms with van der Waals surface area (Å²) in [5.74, 6) is -2.76. The van der Waals surface area contributed by atoms with Crippen LogP contribution >= 0.6 is 0 Å². The van der Waals surface area contributed by atoms with E-state index >= 15 is 0 Å². The van der Waals surface area contributed by atoms with Crippen LogP contribution in [0.15, 0.2) is 47.6 Å². The molecule has 3 aliphatic rings. The van der Waals surface area contributed by atoms with Crippen molar-refractivity contribution in [1.29, 1.82) is 0 Å². The molecule has 0 aromatic carbocycles. The van der Waals surface area contributed by atoms with Crippen molar-refractivity contribution in [3.63, 3.8) is 0 Å². The second kappa shape index (κ2) is 14.4. The molecule has 226 valence electrons. The number of carbonyl (C=O) groups is 1. The van der Waals surface area contributed by atoms with Crippen molar-refractivity contribution in [3.8, 4) is 0 Å². The lowest BCUT2D eigenvalue weighted by atomic mass is 9.83. The Bertz CT molecular complexity index is 970. The van der Waals surface area contributed by atoms with Crippen molar-refractivity contribution < 1.29 is 39.4 Å². The Kier molecular flexibility index (Phi) is 11.8. The maximum Gasteiger partial charge on any atom is 0.333 e. The van der Waals surface area contributed by atoms with Crippen molar-refractivity contribution in [2.45, 2.75) is 122 Å². The highest BCUT2D eigenvalue weighted by Gasteiger charge is 2.52. The van der Waals surface area contributed by atoms with E-state index in [2.05, 4.69) is 31.7 Å². The quantitative estimate of drug-likeness (QED) is 0.197. The molecule has 2 saturated heterocycles. The number of epoxide rings is 1. The number of hydrogen-bond acceptors (Lipinski definition) is 8. The third-order valence-corrected chi connectivity index (χ3v) is 8.46. The van der Waals surface area contributed by atoms with Crippen molar-refractivity contribution in [1.82, 2.24) is 0 Å². The first-order valence-electron chi connectivity index (χ1n) is 14.8. The highest BCUT2D eigenvalue weighted by atomic mass is 16.7. The van der Waals surface area contributed by atoms with E-state index in [0.29, 0.717) is 30.8 Å². The molecule has 4 N–H and O–H groups in total. The van der Waals surface area contributed by atoms with Gasteiger partial charge in [0.1, 0.15) is 24.9 Å². The maximum atomic E-state index is 12.5. The molecular formula is C32H50O8. The van der Waals surface area contributed by atoms with Gasteiger partial charge >= 0.3 is 5.97 Å². The van der Waals surface area contributed by atoms with Gasteiger partial charge < -0.3 is 34.6 Å². The number of fused-ring (bicyclic) bond motifs is 3. The normalized spacial score (nSPS) is 44.9. The molecular weight excluding hydrogens is 512 g/mol.